The Balaban J connectivity index is 2.12. The average molecular weight is 297 g/mol. The highest BCUT2D eigenvalue weighted by Gasteiger charge is 2.37. The minimum atomic E-state index is -0.266. The Kier molecular flexibility index (Phi) is 4.89. The lowest BCUT2D eigenvalue weighted by Gasteiger charge is -2.35. The molecule has 4 nitrogen and oxygen atoms in total. The van der Waals surface area contributed by atoms with Gasteiger partial charge in [0, 0.05) is 5.69 Å². The summed E-state index contributed by atoms with van der Waals surface area (Å²) in [5.74, 6) is 0.694. The van der Waals surface area contributed by atoms with Crippen molar-refractivity contribution in [3.05, 3.63) is 23.2 Å². The lowest BCUT2D eigenvalue weighted by molar-refractivity contribution is -0.127. The molecule has 2 rings (SSSR count). The van der Waals surface area contributed by atoms with Crippen LogP contribution in [0.2, 0.25) is 5.02 Å². The third-order valence-electron chi connectivity index (χ3n) is 4.13. The molecular weight excluding hydrogens is 276 g/mol. The first-order valence-corrected chi connectivity index (χ1v) is 7.35. The molecule has 0 unspecified atom stereocenters. The highest BCUT2D eigenvalue weighted by atomic mass is 35.5. The fourth-order valence-electron chi connectivity index (χ4n) is 2.65. The van der Waals surface area contributed by atoms with Crippen LogP contribution in [0.3, 0.4) is 0 Å². The number of piperidine rings is 1. The molecule has 1 aliphatic rings. The van der Waals surface area contributed by atoms with E-state index >= 15 is 0 Å². The fraction of sp³-hybridized carbons (Fsp3) is 0.533. The van der Waals surface area contributed by atoms with Crippen LogP contribution in [0.4, 0.5) is 5.69 Å². The quantitative estimate of drug-likeness (QED) is 0.898. The van der Waals surface area contributed by atoms with Crippen molar-refractivity contribution in [3.63, 3.8) is 0 Å². The number of rotatable bonds is 4. The number of hydrogen-bond acceptors (Lipinski definition) is 3. The zero-order chi connectivity index (χ0) is 14.6. The van der Waals surface area contributed by atoms with Gasteiger partial charge in [-0.3, -0.25) is 4.79 Å². The van der Waals surface area contributed by atoms with Crippen molar-refractivity contribution in [1.29, 1.82) is 0 Å². The lowest BCUT2D eigenvalue weighted by Crippen LogP contribution is -2.44. The van der Waals surface area contributed by atoms with E-state index in [4.69, 9.17) is 16.3 Å². The molecule has 1 heterocycles. The molecule has 1 aliphatic heterocycles. The maximum absolute atomic E-state index is 12.6. The Labute approximate surface area is 124 Å². The van der Waals surface area contributed by atoms with Crippen LogP contribution in [-0.4, -0.2) is 26.1 Å². The molecule has 20 heavy (non-hydrogen) atoms. The Bertz CT molecular complexity index is 485. The van der Waals surface area contributed by atoms with E-state index in [1.54, 1.807) is 19.2 Å². The number of ether oxygens (including phenoxy) is 1. The van der Waals surface area contributed by atoms with Crippen molar-refractivity contribution >= 4 is 23.2 Å². The summed E-state index contributed by atoms with van der Waals surface area (Å²) in [5.41, 5.74) is 0.449. The minimum absolute atomic E-state index is 0.0859. The van der Waals surface area contributed by atoms with Crippen LogP contribution in [-0.2, 0) is 4.79 Å². The van der Waals surface area contributed by atoms with Gasteiger partial charge in [0.15, 0.2) is 0 Å². The first-order chi connectivity index (χ1) is 9.61. The van der Waals surface area contributed by atoms with E-state index in [9.17, 15) is 4.79 Å². The second kappa shape index (κ2) is 6.46. The third kappa shape index (κ3) is 3.07. The largest absolute Gasteiger partial charge is 0.495 e. The van der Waals surface area contributed by atoms with Gasteiger partial charge in [-0.05, 0) is 50.6 Å². The summed E-state index contributed by atoms with van der Waals surface area (Å²) < 4.78 is 5.11. The molecule has 0 aromatic heterocycles. The summed E-state index contributed by atoms with van der Waals surface area (Å²) >= 11 is 6.08. The van der Waals surface area contributed by atoms with Crippen LogP contribution >= 0.6 is 11.6 Å². The molecule has 0 bridgehead atoms. The molecule has 0 radical (unpaired) electrons. The molecule has 1 amide bonds. The van der Waals surface area contributed by atoms with Crippen LogP contribution in [0.1, 0.15) is 26.2 Å². The van der Waals surface area contributed by atoms with Crippen LogP contribution in [0, 0.1) is 5.41 Å². The molecule has 0 saturated carbocycles. The lowest BCUT2D eigenvalue weighted by atomic mass is 9.76. The molecule has 2 N–H and O–H groups in total. The number of anilines is 1. The number of nitrogens with one attached hydrogen (secondary N) is 2. The number of carbonyl (C=O) groups excluding carboxylic acids is 1. The summed E-state index contributed by atoms with van der Waals surface area (Å²) in [5, 5.41) is 6.79. The molecule has 5 heteroatoms. The summed E-state index contributed by atoms with van der Waals surface area (Å²) in [6, 6.07) is 5.30. The van der Waals surface area contributed by atoms with Gasteiger partial charge in [0.1, 0.15) is 5.75 Å². The molecular formula is C15H21ClN2O2. The number of methoxy groups -OCH3 is 1. The van der Waals surface area contributed by atoms with Crippen molar-refractivity contribution in [2.24, 2.45) is 5.41 Å². The normalized spacial score (nSPS) is 17.6. The van der Waals surface area contributed by atoms with E-state index in [0.29, 0.717) is 16.5 Å². The average Bonchev–Trinajstić information content (AvgIpc) is 2.48. The van der Waals surface area contributed by atoms with E-state index in [-0.39, 0.29) is 11.3 Å². The number of amides is 1. The minimum Gasteiger partial charge on any atom is -0.495 e. The van der Waals surface area contributed by atoms with E-state index in [0.717, 1.165) is 32.4 Å². The van der Waals surface area contributed by atoms with Crippen molar-refractivity contribution in [1.82, 2.24) is 5.32 Å². The second-order valence-corrected chi connectivity index (χ2v) is 5.59. The molecule has 0 atom stereocenters. The van der Waals surface area contributed by atoms with Gasteiger partial charge >= 0.3 is 0 Å². The first kappa shape index (κ1) is 15.1. The van der Waals surface area contributed by atoms with Gasteiger partial charge in [-0.25, -0.2) is 0 Å². The number of hydrogen-bond donors (Lipinski definition) is 2. The van der Waals surface area contributed by atoms with Crippen molar-refractivity contribution in [3.8, 4) is 5.75 Å². The molecule has 1 aromatic rings. The number of halogens is 1. The van der Waals surface area contributed by atoms with E-state index < -0.39 is 0 Å². The molecule has 110 valence electrons. The van der Waals surface area contributed by atoms with E-state index in [1.165, 1.54) is 0 Å². The van der Waals surface area contributed by atoms with Gasteiger partial charge in [0.05, 0.1) is 17.5 Å². The summed E-state index contributed by atoms with van der Waals surface area (Å²) in [6.07, 6.45) is 2.60. The van der Waals surface area contributed by atoms with Crippen molar-refractivity contribution in [2.45, 2.75) is 26.2 Å². The van der Waals surface area contributed by atoms with Gasteiger partial charge in [-0.2, -0.15) is 0 Å². The topological polar surface area (TPSA) is 50.4 Å². The van der Waals surface area contributed by atoms with Gasteiger partial charge in [0.2, 0.25) is 5.91 Å². The Morgan fingerprint density at radius 3 is 2.70 bits per heavy atom. The predicted octanol–water partition coefficient (Wildman–Crippen LogP) is 3.07. The third-order valence-corrected chi connectivity index (χ3v) is 4.42. The van der Waals surface area contributed by atoms with Crippen LogP contribution in [0.15, 0.2) is 18.2 Å². The monoisotopic (exact) mass is 296 g/mol. The molecule has 0 aliphatic carbocycles. The first-order valence-electron chi connectivity index (χ1n) is 6.97. The molecule has 0 spiro atoms. The van der Waals surface area contributed by atoms with Crippen LogP contribution < -0.4 is 15.4 Å². The van der Waals surface area contributed by atoms with E-state index in [1.807, 2.05) is 6.07 Å². The summed E-state index contributed by atoms with van der Waals surface area (Å²) in [4.78, 5) is 12.6. The standard InChI is InChI=1S/C15H21ClN2O2/c1-3-15(6-8-17-9-7-15)14(19)18-11-4-5-13(20-2)12(16)10-11/h4-5,10,17H,3,6-9H2,1-2H3,(H,18,19). The second-order valence-electron chi connectivity index (χ2n) is 5.19. The van der Waals surface area contributed by atoms with Gasteiger partial charge in [-0.15, -0.1) is 0 Å². The highest BCUT2D eigenvalue weighted by molar-refractivity contribution is 6.32. The maximum Gasteiger partial charge on any atom is 0.230 e. The van der Waals surface area contributed by atoms with E-state index in [2.05, 4.69) is 17.6 Å². The zero-order valence-corrected chi connectivity index (χ0v) is 12.7. The fourth-order valence-corrected chi connectivity index (χ4v) is 2.91. The van der Waals surface area contributed by atoms with Crippen LogP contribution in [0.25, 0.3) is 0 Å². The maximum atomic E-state index is 12.6. The van der Waals surface area contributed by atoms with Crippen molar-refractivity contribution in [2.75, 3.05) is 25.5 Å². The predicted molar refractivity (Wildman–Crippen MR) is 81.5 cm³/mol. The summed E-state index contributed by atoms with van der Waals surface area (Å²) in [7, 11) is 1.57. The number of carbonyl (C=O) groups is 1. The van der Waals surface area contributed by atoms with Crippen molar-refractivity contribution < 1.29 is 9.53 Å². The summed E-state index contributed by atoms with van der Waals surface area (Å²) in [6.45, 7) is 3.86. The Morgan fingerprint density at radius 1 is 1.45 bits per heavy atom. The van der Waals surface area contributed by atoms with Gasteiger partial charge in [-0.1, -0.05) is 18.5 Å². The molecule has 1 fully saturated rings. The Hall–Kier alpha value is -1.26. The zero-order valence-electron chi connectivity index (χ0n) is 12.0. The Morgan fingerprint density at radius 2 is 2.15 bits per heavy atom. The highest BCUT2D eigenvalue weighted by Crippen LogP contribution is 2.35. The van der Waals surface area contributed by atoms with Gasteiger partial charge in [0.25, 0.3) is 0 Å². The van der Waals surface area contributed by atoms with Crippen LogP contribution in [0.5, 0.6) is 5.75 Å². The smallest absolute Gasteiger partial charge is 0.230 e. The molecule has 1 aromatic carbocycles. The SMILES string of the molecule is CCC1(C(=O)Nc2ccc(OC)c(Cl)c2)CCNCC1. The number of benzene rings is 1. The van der Waals surface area contributed by atoms with Gasteiger partial charge < -0.3 is 15.4 Å². The molecule has 1 saturated heterocycles.